The smallest absolute Gasteiger partial charge is 0.220 e. The molecule has 1 N–H and O–H groups in total. The van der Waals surface area contributed by atoms with Gasteiger partial charge in [0, 0.05) is 12.5 Å². The van der Waals surface area contributed by atoms with Gasteiger partial charge >= 0.3 is 0 Å². The Labute approximate surface area is 166 Å². The van der Waals surface area contributed by atoms with E-state index in [2.05, 4.69) is 30.4 Å². The number of hydrogen-bond acceptors (Lipinski definition) is 4. The summed E-state index contributed by atoms with van der Waals surface area (Å²) in [7, 11) is 1.54. The number of carbonyl (C=O) groups is 1. The SMILES string of the molecule is COc1cc(C#N)ccc1OCCCC(=O)NC(c1ccccc1)C1CC1C. The first-order valence-electron chi connectivity index (χ1n) is 9.67. The Balaban J connectivity index is 1.48. The van der Waals surface area contributed by atoms with E-state index in [4.69, 9.17) is 14.7 Å². The van der Waals surface area contributed by atoms with E-state index in [1.54, 1.807) is 25.3 Å². The van der Waals surface area contributed by atoms with Gasteiger partial charge in [-0.15, -0.1) is 0 Å². The number of benzene rings is 2. The van der Waals surface area contributed by atoms with Crippen molar-refractivity contribution in [1.29, 1.82) is 5.26 Å². The molecule has 3 rings (SSSR count). The zero-order valence-electron chi connectivity index (χ0n) is 16.4. The van der Waals surface area contributed by atoms with Crippen molar-refractivity contribution in [2.75, 3.05) is 13.7 Å². The predicted octanol–water partition coefficient (Wildman–Crippen LogP) is 4.24. The summed E-state index contributed by atoms with van der Waals surface area (Å²) in [5, 5.41) is 12.2. The third kappa shape index (κ3) is 5.04. The molecule has 0 radical (unpaired) electrons. The number of methoxy groups -OCH3 is 1. The van der Waals surface area contributed by atoms with Crippen LogP contribution in [0.2, 0.25) is 0 Å². The van der Waals surface area contributed by atoms with Crippen molar-refractivity contribution < 1.29 is 14.3 Å². The molecule has 1 saturated carbocycles. The van der Waals surface area contributed by atoms with E-state index in [0.717, 1.165) is 6.42 Å². The molecule has 5 nitrogen and oxygen atoms in total. The Kier molecular flexibility index (Phi) is 6.54. The molecule has 1 fully saturated rings. The quantitative estimate of drug-likeness (QED) is 0.663. The number of amides is 1. The van der Waals surface area contributed by atoms with E-state index in [1.807, 2.05) is 18.2 Å². The molecule has 0 spiro atoms. The largest absolute Gasteiger partial charge is 0.493 e. The lowest BCUT2D eigenvalue weighted by Crippen LogP contribution is -2.30. The van der Waals surface area contributed by atoms with Gasteiger partial charge in [-0.3, -0.25) is 4.79 Å². The van der Waals surface area contributed by atoms with Crippen LogP contribution in [0, 0.1) is 23.2 Å². The highest BCUT2D eigenvalue weighted by molar-refractivity contribution is 5.76. The summed E-state index contributed by atoms with van der Waals surface area (Å²) in [6, 6.07) is 17.4. The Morgan fingerprint density at radius 2 is 2.00 bits per heavy atom. The van der Waals surface area contributed by atoms with Crippen molar-refractivity contribution in [3.05, 3.63) is 59.7 Å². The maximum absolute atomic E-state index is 12.5. The second kappa shape index (κ2) is 9.27. The molecule has 0 aliphatic heterocycles. The number of nitrogens with one attached hydrogen (secondary N) is 1. The average molecular weight is 378 g/mol. The van der Waals surface area contributed by atoms with Crippen LogP contribution in [0.3, 0.4) is 0 Å². The number of carbonyl (C=O) groups excluding carboxylic acids is 1. The summed E-state index contributed by atoms with van der Waals surface area (Å²) in [6.45, 7) is 2.64. The summed E-state index contributed by atoms with van der Waals surface area (Å²) in [5.41, 5.74) is 1.69. The second-order valence-corrected chi connectivity index (χ2v) is 7.26. The molecule has 2 aromatic rings. The highest BCUT2D eigenvalue weighted by Crippen LogP contribution is 2.46. The third-order valence-corrected chi connectivity index (χ3v) is 5.17. The normalized spacial score (nSPS) is 18.6. The molecule has 3 atom stereocenters. The lowest BCUT2D eigenvalue weighted by atomic mass is 10.0. The molecule has 1 amide bonds. The molecule has 1 aliphatic carbocycles. The molecule has 1 aliphatic rings. The first-order chi connectivity index (χ1) is 13.6. The molecule has 2 aromatic carbocycles. The molecule has 5 heteroatoms. The van der Waals surface area contributed by atoms with Crippen molar-refractivity contribution in [3.8, 4) is 17.6 Å². The van der Waals surface area contributed by atoms with Gasteiger partial charge in [0.05, 0.1) is 31.4 Å². The number of ether oxygens (including phenoxy) is 2. The Morgan fingerprint density at radius 1 is 1.25 bits per heavy atom. The fourth-order valence-electron chi connectivity index (χ4n) is 3.43. The fourth-order valence-corrected chi connectivity index (χ4v) is 3.43. The van der Waals surface area contributed by atoms with E-state index in [0.29, 0.717) is 48.3 Å². The van der Waals surface area contributed by atoms with Crippen molar-refractivity contribution in [3.63, 3.8) is 0 Å². The summed E-state index contributed by atoms with van der Waals surface area (Å²) in [5.74, 6) is 2.32. The minimum absolute atomic E-state index is 0.0448. The zero-order valence-corrected chi connectivity index (χ0v) is 16.4. The van der Waals surface area contributed by atoms with Crippen LogP contribution < -0.4 is 14.8 Å². The van der Waals surface area contributed by atoms with Gasteiger partial charge in [-0.05, 0) is 42.4 Å². The Morgan fingerprint density at radius 3 is 2.64 bits per heavy atom. The molecule has 146 valence electrons. The molecule has 28 heavy (non-hydrogen) atoms. The van der Waals surface area contributed by atoms with Gasteiger partial charge in [0.2, 0.25) is 5.91 Å². The van der Waals surface area contributed by atoms with E-state index < -0.39 is 0 Å². The minimum Gasteiger partial charge on any atom is -0.493 e. The minimum atomic E-state index is 0.0448. The molecular weight excluding hydrogens is 352 g/mol. The molecular formula is C23H26N2O3. The van der Waals surface area contributed by atoms with Crippen LogP contribution in [0.15, 0.2) is 48.5 Å². The summed E-state index contributed by atoms with van der Waals surface area (Å²) in [4.78, 5) is 12.5. The van der Waals surface area contributed by atoms with E-state index in [-0.39, 0.29) is 11.9 Å². The summed E-state index contributed by atoms with van der Waals surface area (Å²) >= 11 is 0. The van der Waals surface area contributed by atoms with Crippen molar-refractivity contribution in [2.45, 2.75) is 32.2 Å². The van der Waals surface area contributed by atoms with Gasteiger partial charge in [-0.1, -0.05) is 37.3 Å². The second-order valence-electron chi connectivity index (χ2n) is 7.26. The number of hydrogen-bond donors (Lipinski definition) is 1. The van der Waals surface area contributed by atoms with Gasteiger partial charge in [-0.25, -0.2) is 0 Å². The topological polar surface area (TPSA) is 71.3 Å². The highest BCUT2D eigenvalue weighted by atomic mass is 16.5. The van der Waals surface area contributed by atoms with Crippen molar-refractivity contribution in [2.24, 2.45) is 11.8 Å². The summed E-state index contributed by atoms with van der Waals surface area (Å²) in [6.07, 6.45) is 2.17. The lowest BCUT2D eigenvalue weighted by molar-refractivity contribution is -0.122. The first-order valence-corrected chi connectivity index (χ1v) is 9.67. The molecule has 0 heterocycles. The van der Waals surface area contributed by atoms with Gasteiger partial charge in [0.1, 0.15) is 0 Å². The number of rotatable bonds is 9. The van der Waals surface area contributed by atoms with Gasteiger partial charge in [-0.2, -0.15) is 5.26 Å². The molecule has 0 bridgehead atoms. The maximum atomic E-state index is 12.5. The third-order valence-electron chi connectivity index (χ3n) is 5.17. The Bertz CT molecular complexity index is 845. The van der Waals surface area contributed by atoms with Crippen molar-refractivity contribution >= 4 is 5.91 Å². The van der Waals surface area contributed by atoms with Gasteiger partial charge < -0.3 is 14.8 Å². The van der Waals surface area contributed by atoms with E-state index >= 15 is 0 Å². The maximum Gasteiger partial charge on any atom is 0.220 e. The number of nitriles is 1. The van der Waals surface area contributed by atoms with Crippen LogP contribution in [-0.4, -0.2) is 19.6 Å². The standard InChI is InChI=1S/C23H26N2O3/c1-16-13-19(16)23(18-7-4-3-5-8-18)25-22(26)9-6-12-28-20-11-10-17(15-24)14-21(20)27-2/h3-5,7-8,10-11,14,16,19,23H,6,9,12-13H2,1-2H3,(H,25,26). The van der Waals surface area contributed by atoms with Crippen molar-refractivity contribution in [1.82, 2.24) is 5.32 Å². The first kappa shape index (κ1) is 19.8. The van der Waals surface area contributed by atoms with Crippen LogP contribution in [0.5, 0.6) is 11.5 Å². The molecule has 3 unspecified atom stereocenters. The molecule has 0 aromatic heterocycles. The highest BCUT2D eigenvalue weighted by Gasteiger charge is 2.40. The average Bonchev–Trinajstić information content (AvgIpc) is 3.46. The van der Waals surface area contributed by atoms with Gasteiger partial charge in [0.15, 0.2) is 11.5 Å². The van der Waals surface area contributed by atoms with Crippen LogP contribution in [-0.2, 0) is 4.79 Å². The van der Waals surface area contributed by atoms with Gasteiger partial charge in [0.25, 0.3) is 0 Å². The fraction of sp³-hybridized carbons (Fsp3) is 0.391. The van der Waals surface area contributed by atoms with Crippen LogP contribution in [0.25, 0.3) is 0 Å². The molecule has 0 saturated heterocycles. The van der Waals surface area contributed by atoms with Crippen LogP contribution >= 0.6 is 0 Å². The monoisotopic (exact) mass is 378 g/mol. The Hall–Kier alpha value is -3.00. The van der Waals surface area contributed by atoms with Crippen LogP contribution in [0.1, 0.15) is 43.4 Å². The number of nitrogens with zero attached hydrogens (tertiary/aromatic N) is 1. The van der Waals surface area contributed by atoms with E-state index in [1.165, 1.54) is 5.56 Å². The predicted molar refractivity (Wildman–Crippen MR) is 107 cm³/mol. The lowest BCUT2D eigenvalue weighted by Gasteiger charge is -2.19. The summed E-state index contributed by atoms with van der Waals surface area (Å²) < 4.78 is 11.0. The van der Waals surface area contributed by atoms with E-state index in [9.17, 15) is 4.79 Å². The zero-order chi connectivity index (χ0) is 19.9. The van der Waals surface area contributed by atoms with Crippen LogP contribution in [0.4, 0.5) is 0 Å².